The molecule has 1 aromatic carbocycles. The molecule has 140 valence electrons. The van der Waals surface area contributed by atoms with E-state index in [-0.39, 0.29) is 17.9 Å². The van der Waals surface area contributed by atoms with Crippen LogP contribution >= 0.6 is 11.8 Å². The van der Waals surface area contributed by atoms with Crippen LogP contribution in [0.25, 0.3) is 0 Å². The normalized spacial score (nSPS) is 20.1. The molecule has 2 fully saturated rings. The lowest BCUT2D eigenvalue weighted by Gasteiger charge is -2.34. The van der Waals surface area contributed by atoms with Crippen molar-refractivity contribution >= 4 is 29.4 Å². The van der Waals surface area contributed by atoms with Gasteiger partial charge in [-0.25, -0.2) is 4.79 Å². The average Bonchev–Trinajstić information content (AvgIpc) is 3.21. The summed E-state index contributed by atoms with van der Waals surface area (Å²) in [7, 11) is 0. The summed E-state index contributed by atoms with van der Waals surface area (Å²) in [6.45, 7) is 6.71. The number of hydrogen-bond donors (Lipinski definition) is 1. The fourth-order valence-corrected chi connectivity index (χ4v) is 4.30. The number of piperidine rings is 1. The SMILES string of the molecule is C=CCSc1ccccc1NC(=O)[C@@H]1CCCN(C(=O)N2CCCC2)C1. The van der Waals surface area contributed by atoms with Gasteiger partial charge in [-0.2, -0.15) is 0 Å². The molecule has 0 aliphatic carbocycles. The van der Waals surface area contributed by atoms with Crippen molar-refractivity contribution < 1.29 is 9.59 Å². The second kappa shape index (κ2) is 9.12. The molecule has 6 heteroatoms. The number of urea groups is 1. The number of amides is 3. The summed E-state index contributed by atoms with van der Waals surface area (Å²) in [6, 6.07) is 7.94. The third-order valence-corrected chi connectivity index (χ3v) is 6.01. The Hall–Kier alpha value is -1.95. The van der Waals surface area contributed by atoms with E-state index >= 15 is 0 Å². The largest absolute Gasteiger partial charge is 0.325 e. The van der Waals surface area contributed by atoms with E-state index in [2.05, 4.69) is 11.9 Å². The second-order valence-corrected chi connectivity index (χ2v) is 7.91. The van der Waals surface area contributed by atoms with Crippen LogP contribution < -0.4 is 5.32 Å². The third-order valence-electron chi connectivity index (χ3n) is 4.94. The van der Waals surface area contributed by atoms with E-state index in [4.69, 9.17) is 0 Å². The molecule has 26 heavy (non-hydrogen) atoms. The maximum Gasteiger partial charge on any atom is 0.320 e. The van der Waals surface area contributed by atoms with Gasteiger partial charge in [0.1, 0.15) is 0 Å². The number of hydrogen-bond acceptors (Lipinski definition) is 3. The molecule has 1 atom stereocenters. The zero-order valence-electron chi connectivity index (χ0n) is 15.2. The van der Waals surface area contributed by atoms with Crippen molar-refractivity contribution in [2.45, 2.75) is 30.6 Å². The molecule has 5 nitrogen and oxygen atoms in total. The van der Waals surface area contributed by atoms with Crippen molar-refractivity contribution in [1.29, 1.82) is 0 Å². The molecule has 2 aliphatic rings. The summed E-state index contributed by atoms with van der Waals surface area (Å²) < 4.78 is 0. The molecule has 1 aromatic rings. The van der Waals surface area contributed by atoms with Gasteiger partial charge >= 0.3 is 6.03 Å². The van der Waals surface area contributed by atoms with E-state index in [1.54, 1.807) is 11.8 Å². The number of para-hydroxylation sites is 1. The van der Waals surface area contributed by atoms with Crippen LogP contribution in [0.4, 0.5) is 10.5 Å². The number of likely N-dealkylation sites (tertiary alicyclic amines) is 2. The van der Waals surface area contributed by atoms with Crippen molar-refractivity contribution in [3.63, 3.8) is 0 Å². The van der Waals surface area contributed by atoms with Gasteiger partial charge in [0, 0.05) is 36.8 Å². The van der Waals surface area contributed by atoms with Crippen LogP contribution in [0.1, 0.15) is 25.7 Å². The highest BCUT2D eigenvalue weighted by Crippen LogP contribution is 2.28. The third kappa shape index (κ3) is 4.61. The van der Waals surface area contributed by atoms with Crippen LogP contribution in [0.15, 0.2) is 41.8 Å². The average molecular weight is 374 g/mol. The predicted molar refractivity (Wildman–Crippen MR) is 106 cm³/mol. The molecular weight excluding hydrogens is 346 g/mol. The highest BCUT2D eigenvalue weighted by atomic mass is 32.2. The number of carbonyl (C=O) groups excluding carboxylic acids is 2. The topological polar surface area (TPSA) is 52.7 Å². The molecule has 0 radical (unpaired) electrons. The van der Waals surface area contributed by atoms with Gasteiger partial charge in [0.25, 0.3) is 0 Å². The fourth-order valence-electron chi connectivity index (χ4n) is 3.55. The summed E-state index contributed by atoms with van der Waals surface area (Å²) >= 11 is 1.65. The summed E-state index contributed by atoms with van der Waals surface area (Å²) in [4.78, 5) is 30.2. The number of rotatable bonds is 5. The zero-order valence-corrected chi connectivity index (χ0v) is 16.0. The van der Waals surface area contributed by atoms with E-state index in [0.717, 1.165) is 61.7 Å². The lowest BCUT2D eigenvalue weighted by molar-refractivity contribution is -0.121. The van der Waals surface area contributed by atoms with Crippen LogP contribution in [0.3, 0.4) is 0 Å². The Balaban J connectivity index is 1.61. The van der Waals surface area contributed by atoms with Crippen LogP contribution in [-0.2, 0) is 4.79 Å². The Morgan fingerprint density at radius 2 is 1.88 bits per heavy atom. The molecule has 2 aliphatic heterocycles. The van der Waals surface area contributed by atoms with E-state index in [1.165, 1.54) is 0 Å². The van der Waals surface area contributed by atoms with Crippen molar-refractivity contribution in [1.82, 2.24) is 9.80 Å². The molecule has 1 N–H and O–H groups in total. The van der Waals surface area contributed by atoms with Gasteiger partial charge in [0.05, 0.1) is 11.6 Å². The highest BCUT2D eigenvalue weighted by molar-refractivity contribution is 7.99. The monoisotopic (exact) mass is 373 g/mol. The number of anilines is 1. The Labute approximate surface area is 159 Å². The van der Waals surface area contributed by atoms with Crippen LogP contribution in [-0.4, -0.2) is 53.7 Å². The number of carbonyl (C=O) groups is 2. The maximum atomic E-state index is 12.8. The number of benzene rings is 1. The first kappa shape index (κ1) is 18.8. The van der Waals surface area contributed by atoms with Gasteiger partial charge in [-0.3, -0.25) is 4.79 Å². The minimum atomic E-state index is -0.146. The van der Waals surface area contributed by atoms with E-state index < -0.39 is 0 Å². The van der Waals surface area contributed by atoms with Crippen molar-refractivity contribution in [3.05, 3.63) is 36.9 Å². The predicted octanol–water partition coefficient (Wildman–Crippen LogP) is 3.83. The molecule has 0 unspecified atom stereocenters. The smallest absolute Gasteiger partial charge is 0.320 e. The van der Waals surface area contributed by atoms with Crippen LogP contribution in [0.5, 0.6) is 0 Å². The zero-order chi connectivity index (χ0) is 18.4. The quantitative estimate of drug-likeness (QED) is 0.630. The molecule has 2 heterocycles. The maximum absolute atomic E-state index is 12.8. The van der Waals surface area contributed by atoms with Gasteiger partial charge in [-0.1, -0.05) is 18.2 Å². The van der Waals surface area contributed by atoms with Crippen LogP contribution in [0, 0.1) is 5.92 Å². The number of nitrogens with one attached hydrogen (secondary N) is 1. The van der Waals surface area contributed by atoms with Gasteiger partial charge in [-0.15, -0.1) is 18.3 Å². The molecule has 2 saturated heterocycles. The van der Waals surface area contributed by atoms with E-state index in [1.807, 2.05) is 40.1 Å². The first-order valence-electron chi connectivity index (χ1n) is 9.36. The molecular formula is C20H27N3O2S. The van der Waals surface area contributed by atoms with Crippen molar-refractivity contribution in [2.75, 3.05) is 37.2 Å². The summed E-state index contributed by atoms with van der Waals surface area (Å²) in [6.07, 6.45) is 5.74. The number of nitrogens with zero attached hydrogens (tertiary/aromatic N) is 2. The Morgan fingerprint density at radius 1 is 1.15 bits per heavy atom. The molecule has 0 aromatic heterocycles. The standard InChI is InChI=1S/C20H27N3O2S/c1-2-14-26-18-10-4-3-9-17(18)21-19(24)16-8-7-13-23(15-16)20(25)22-11-5-6-12-22/h2-4,9-10,16H,1,5-8,11-15H2,(H,21,24)/t16-/m1/s1. The van der Waals surface area contributed by atoms with E-state index in [9.17, 15) is 9.59 Å². The lowest BCUT2D eigenvalue weighted by atomic mass is 9.97. The Bertz CT molecular complexity index is 658. The van der Waals surface area contributed by atoms with Gasteiger partial charge in [0.2, 0.25) is 5.91 Å². The van der Waals surface area contributed by atoms with Crippen molar-refractivity contribution in [3.8, 4) is 0 Å². The summed E-state index contributed by atoms with van der Waals surface area (Å²) in [5.74, 6) is 0.664. The Kier molecular flexibility index (Phi) is 6.61. The molecule has 0 spiro atoms. The van der Waals surface area contributed by atoms with Crippen molar-refractivity contribution in [2.24, 2.45) is 5.92 Å². The second-order valence-electron chi connectivity index (χ2n) is 6.85. The first-order chi connectivity index (χ1) is 12.7. The van der Waals surface area contributed by atoms with Crippen LogP contribution in [0.2, 0.25) is 0 Å². The summed E-state index contributed by atoms with van der Waals surface area (Å²) in [5, 5.41) is 3.07. The van der Waals surface area contributed by atoms with Gasteiger partial charge in [0.15, 0.2) is 0 Å². The highest BCUT2D eigenvalue weighted by Gasteiger charge is 2.31. The number of thioether (sulfide) groups is 1. The minimum Gasteiger partial charge on any atom is -0.325 e. The minimum absolute atomic E-state index is 0.00979. The van der Waals surface area contributed by atoms with Gasteiger partial charge in [-0.05, 0) is 37.8 Å². The fraction of sp³-hybridized carbons (Fsp3) is 0.500. The molecule has 3 amide bonds. The van der Waals surface area contributed by atoms with Gasteiger partial charge < -0.3 is 15.1 Å². The first-order valence-corrected chi connectivity index (χ1v) is 10.3. The molecule has 3 rings (SSSR count). The summed E-state index contributed by atoms with van der Waals surface area (Å²) in [5.41, 5.74) is 0.840. The lowest BCUT2D eigenvalue weighted by Crippen LogP contribution is -2.48. The molecule has 0 bridgehead atoms. The Morgan fingerprint density at radius 3 is 2.65 bits per heavy atom. The van der Waals surface area contributed by atoms with E-state index in [0.29, 0.717) is 6.54 Å². The molecule has 0 saturated carbocycles.